The molecule has 0 aliphatic heterocycles. The number of aromatic nitrogens is 4. The Morgan fingerprint density at radius 2 is 0.962 bits per heavy atom. The van der Waals surface area contributed by atoms with Crippen LogP contribution < -0.4 is 21.3 Å². The SMILES string of the molecule is CC(C)[C@H](NC(=O)c1nc[nH]c1C(=O)NCCCNC(=O)c1[nH]cnc1C(=O)N[C@H](C(=O)OCc1ccccc1)C(C)C)C(=O)OCc1ccccc1. The van der Waals surface area contributed by atoms with Crippen LogP contribution in [0.25, 0.3) is 0 Å². The highest BCUT2D eigenvalue weighted by Gasteiger charge is 2.31. The van der Waals surface area contributed by atoms with Crippen LogP contribution in [-0.2, 0) is 32.3 Å². The predicted octanol–water partition coefficient (Wildman–Crippen LogP) is 2.68. The van der Waals surface area contributed by atoms with Crippen LogP contribution in [0.5, 0.6) is 0 Å². The van der Waals surface area contributed by atoms with E-state index in [0.717, 1.165) is 11.1 Å². The summed E-state index contributed by atoms with van der Waals surface area (Å²) < 4.78 is 10.8. The summed E-state index contributed by atoms with van der Waals surface area (Å²) in [4.78, 5) is 90.8. The average Bonchev–Trinajstić information content (AvgIpc) is 3.86. The maximum absolute atomic E-state index is 13.1. The van der Waals surface area contributed by atoms with Gasteiger partial charge in [0.1, 0.15) is 36.7 Å². The van der Waals surface area contributed by atoms with Crippen LogP contribution in [0.3, 0.4) is 0 Å². The third-order valence-corrected chi connectivity index (χ3v) is 7.95. The van der Waals surface area contributed by atoms with Gasteiger partial charge in [0.25, 0.3) is 23.6 Å². The van der Waals surface area contributed by atoms with Gasteiger partial charge < -0.3 is 40.7 Å². The van der Waals surface area contributed by atoms with Crippen LogP contribution in [0, 0.1) is 11.8 Å². The second kappa shape index (κ2) is 19.3. The third kappa shape index (κ3) is 11.3. The molecule has 0 bridgehead atoms. The van der Waals surface area contributed by atoms with Crippen molar-refractivity contribution in [2.45, 2.75) is 59.4 Å². The molecule has 0 aliphatic rings. The van der Waals surface area contributed by atoms with E-state index >= 15 is 0 Å². The lowest BCUT2D eigenvalue weighted by Crippen LogP contribution is -2.46. The van der Waals surface area contributed by atoms with E-state index in [4.69, 9.17) is 9.47 Å². The quantitative estimate of drug-likeness (QED) is 0.0649. The molecule has 2 heterocycles. The van der Waals surface area contributed by atoms with Gasteiger partial charge in [0.15, 0.2) is 11.4 Å². The van der Waals surface area contributed by atoms with Crippen LogP contribution in [0.1, 0.15) is 87.2 Å². The minimum absolute atomic E-state index is 0.0420. The van der Waals surface area contributed by atoms with Gasteiger partial charge in [0, 0.05) is 13.1 Å². The number of ether oxygens (including phenoxy) is 2. The zero-order chi connectivity index (χ0) is 38.3. The number of carbonyl (C=O) groups is 6. The highest BCUT2D eigenvalue weighted by atomic mass is 16.5. The van der Waals surface area contributed by atoms with Crippen LogP contribution in [-0.4, -0.2) is 80.7 Å². The van der Waals surface area contributed by atoms with Gasteiger partial charge in [-0.2, -0.15) is 0 Å². The fourth-order valence-corrected chi connectivity index (χ4v) is 5.00. The molecular formula is C37H44N8O8. The number of amides is 4. The molecule has 4 aromatic rings. The molecule has 4 rings (SSSR count). The van der Waals surface area contributed by atoms with Crippen molar-refractivity contribution in [1.82, 2.24) is 41.2 Å². The first-order valence-corrected chi connectivity index (χ1v) is 17.1. The number of imidazole rings is 2. The number of benzene rings is 2. The number of carbonyl (C=O) groups excluding carboxylic acids is 6. The van der Waals surface area contributed by atoms with Crippen molar-refractivity contribution in [2.24, 2.45) is 11.8 Å². The molecule has 0 spiro atoms. The van der Waals surface area contributed by atoms with Gasteiger partial charge >= 0.3 is 11.9 Å². The van der Waals surface area contributed by atoms with Gasteiger partial charge in [0.05, 0.1) is 12.7 Å². The zero-order valence-electron chi connectivity index (χ0n) is 29.9. The molecule has 6 N–H and O–H groups in total. The number of hydrogen-bond acceptors (Lipinski definition) is 10. The van der Waals surface area contributed by atoms with E-state index < -0.39 is 47.7 Å². The fourth-order valence-electron chi connectivity index (χ4n) is 5.00. The van der Waals surface area contributed by atoms with Crippen molar-refractivity contribution in [3.05, 3.63) is 107 Å². The number of nitrogens with one attached hydrogen (secondary N) is 6. The van der Waals surface area contributed by atoms with Gasteiger partial charge in [-0.1, -0.05) is 88.4 Å². The lowest BCUT2D eigenvalue weighted by atomic mass is 10.0. The van der Waals surface area contributed by atoms with Crippen molar-refractivity contribution < 1.29 is 38.2 Å². The Balaban J connectivity index is 1.23. The summed E-state index contributed by atoms with van der Waals surface area (Å²) in [6.45, 7) is 7.31. The summed E-state index contributed by atoms with van der Waals surface area (Å²) in [5.74, 6) is -4.59. The van der Waals surface area contributed by atoms with Crippen LogP contribution >= 0.6 is 0 Å². The van der Waals surface area contributed by atoms with Crippen LogP contribution in [0.4, 0.5) is 0 Å². The molecule has 280 valence electrons. The van der Waals surface area contributed by atoms with Gasteiger partial charge in [-0.15, -0.1) is 0 Å². The summed E-state index contributed by atoms with van der Waals surface area (Å²) in [5.41, 5.74) is 0.972. The molecule has 16 nitrogen and oxygen atoms in total. The molecule has 0 fully saturated rings. The standard InChI is InChI=1S/C37H44N8O8/c1-22(2)26(36(50)52-18-24-12-7-5-8-13-24)44-34(48)30-28(40-20-42-30)32(46)38-16-11-17-39-33(47)29-31(43-21-41-29)35(49)45-27(23(3)4)37(51)53-19-25-14-9-6-10-15-25/h5-10,12-15,20-23,26-27H,11,16-19H2,1-4H3,(H,38,46)(H,39,47)(H,40,42)(H,41,43)(H,44,48)(H,45,49)/t26-,27-/m0/s1. The average molecular weight is 729 g/mol. The Hall–Kier alpha value is -6.32. The van der Waals surface area contributed by atoms with Crippen molar-refractivity contribution in [3.8, 4) is 0 Å². The third-order valence-electron chi connectivity index (χ3n) is 7.95. The van der Waals surface area contributed by atoms with E-state index in [0.29, 0.717) is 0 Å². The lowest BCUT2D eigenvalue weighted by molar-refractivity contribution is -0.149. The van der Waals surface area contributed by atoms with Gasteiger partial charge in [-0.25, -0.2) is 19.6 Å². The molecule has 0 saturated carbocycles. The Morgan fingerprint density at radius 3 is 1.32 bits per heavy atom. The lowest BCUT2D eigenvalue weighted by Gasteiger charge is -2.20. The van der Waals surface area contributed by atoms with Crippen molar-refractivity contribution in [1.29, 1.82) is 0 Å². The van der Waals surface area contributed by atoms with Gasteiger partial charge in [-0.05, 0) is 29.4 Å². The second-order valence-corrected chi connectivity index (χ2v) is 12.7. The summed E-state index contributed by atoms with van der Waals surface area (Å²) >= 11 is 0. The fraction of sp³-hybridized carbons (Fsp3) is 0.351. The van der Waals surface area contributed by atoms with Crippen LogP contribution in [0.2, 0.25) is 0 Å². The van der Waals surface area contributed by atoms with E-state index in [1.165, 1.54) is 12.7 Å². The molecule has 16 heteroatoms. The highest BCUT2D eigenvalue weighted by Crippen LogP contribution is 2.12. The molecule has 0 saturated heterocycles. The summed E-state index contributed by atoms with van der Waals surface area (Å²) in [7, 11) is 0. The largest absolute Gasteiger partial charge is 0.459 e. The van der Waals surface area contributed by atoms with E-state index in [1.807, 2.05) is 60.7 Å². The topological polar surface area (TPSA) is 226 Å². The van der Waals surface area contributed by atoms with E-state index in [-0.39, 0.29) is 67.3 Å². The first-order valence-electron chi connectivity index (χ1n) is 17.1. The van der Waals surface area contributed by atoms with Crippen molar-refractivity contribution in [2.75, 3.05) is 13.1 Å². The minimum atomic E-state index is -0.984. The number of hydrogen-bond donors (Lipinski definition) is 6. The summed E-state index contributed by atoms with van der Waals surface area (Å²) in [6, 6.07) is 16.3. The maximum atomic E-state index is 13.1. The van der Waals surface area contributed by atoms with Crippen LogP contribution in [0.15, 0.2) is 73.3 Å². The zero-order valence-corrected chi connectivity index (χ0v) is 29.9. The first kappa shape index (κ1) is 39.5. The molecule has 0 radical (unpaired) electrons. The molecule has 2 aromatic carbocycles. The molecular weight excluding hydrogens is 684 g/mol. The number of aromatic amines is 2. The Morgan fingerprint density at radius 1 is 0.585 bits per heavy atom. The molecule has 2 aromatic heterocycles. The number of rotatable bonds is 18. The number of nitrogens with zero attached hydrogens (tertiary/aromatic N) is 2. The summed E-state index contributed by atoms with van der Waals surface area (Å²) in [6.07, 6.45) is 2.67. The van der Waals surface area contributed by atoms with E-state index in [1.54, 1.807) is 27.7 Å². The Bertz CT molecular complexity index is 1720. The van der Waals surface area contributed by atoms with E-state index in [2.05, 4.69) is 41.2 Å². The normalized spacial score (nSPS) is 12.0. The summed E-state index contributed by atoms with van der Waals surface area (Å²) in [5, 5.41) is 10.5. The number of H-pyrrole nitrogens is 2. The monoisotopic (exact) mass is 728 g/mol. The molecule has 0 unspecified atom stereocenters. The maximum Gasteiger partial charge on any atom is 0.329 e. The first-order chi connectivity index (χ1) is 25.5. The van der Waals surface area contributed by atoms with Crippen molar-refractivity contribution >= 4 is 35.6 Å². The number of esters is 2. The minimum Gasteiger partial charge on any atom is -0.459 e. The molecule has 0 aliphatic carbocycles. The predicted molar refractivity (Wildman–Crippen MR) is 191 cm³/mol. The van der Waals surface area contributed by atoms with Gasteiger partial charge in [-0.3, -0.25) is 19.2 Å². The van der Waals surface area contributed by atoms with Gasteiger partial charge in [0.2, 0.25) is 0 Å². The highest BCUT2D eigenvalue weighted by molar-refractivity contribution is 6.06. The van der Waals surface area contributed by atoms with E-state index in [9.17, 15) is 28.8 Å². The Kier molecular flexibility index (Phi) is 14.4. The smallest absolute Gasteiger partial charge is 0.329 e. The van der Waals surface area contributed by atoms with Crippen molar-refractivity contribution in [3.63, 3.8) is 0 Å². The molecule has 4 amide bonds. The molecule has 53 heavy (non-hydrogen) atoms. The molecule has 2 atom stereocenters. The second-order valence-electron chi connectivity index (χ2n) is 12.7. The Labute approximate surface area is 306 Å².